The molecule has 0 aromatic heterocycles. The maximum absolute atomic E-state index is 11.9. The molecule has 0 aliphatic carbocycles. The normalized spacial score (nSPS) is 30.1. The number of rotatable bonds is 8. The minimum atomic E-state index is -1.33. The van der Waals surface area contributed by atoms with E-state index >= 15 is 0 Å². The lowest BCUT2D eigenvalue weighted by molar-refractivity contribution is -0.270. The van der Waals surface area contributed by atoms with Gasteiger partial charge in [-0.1, -0.05) is 20.8 Å². The summed E-state index contributed by atoms with van der Waals surface area (Å²) >= 11 is 0. The van der Waals surface area contributed by atoms with Crippen molar-refractivity contribution in [3.05, 3.63) is 0 Å². The number of aliphatic hydroxyl groups is 3. The van der Waals surface area contributed by atoms with Crippen LogP contribution in [0.15, 0.2) is 0 Å². The van der Waals surface area contributed by atoms with Crippen molar-refractivity contribution in [3.8, 4) is 0 Å². The zero-order chi connectivity index (χ0) is 19.2. The highest BCUT2D eigenvalue weighted by molar-refractivity contribution is 5.83. The lowest BCUT2D eigenvalue weighted by Crippen LogP contribution is -2.64. The van der Waals surface area contributed by atoms with Crippen molar-refractivity contribution < 1.29 is 34.4 Å². The van der Waals surface area contributed by atoms with Crippen LogP contribution in [0.1, 0.15) is 47.0 Å². The fourth-order valence-electron chi connectivity index (χ4n) is 2.57. The molecule has 0 aromatic rings. The van der Waals surface area contributed by atoms with Crippen molar-refractivity contribution in [2.45, 2.75) is 77.6 Å². The summed E-state index contributed by atoms with van der Waals surface area (Å²) in [5, 5.41) is 31.8. The molecule has 8 nitrogen and oxygen atoms in total. The molecule has 1 heterocycles. The van der Waals surface area contributed by atoms with Crippen LogP contribution in [0, 0.1) is 5.41 Å². The van der Waals surface area contributed by atoms with Gasteiger partial charge in [-0.15, -0.1) is 0 Å². The smallest absolute Gasteiger partial charge is 0.217 e. The third-order valence-electron chi connectivity index (χ3n) is 4.17. The second kappa shape index (κ2) is 9.59. The first-order valence-corrected chi connectivity index (χ1v) is 8.62. The van der Waals surface area contributed by atoms with E-state index in [4.69, 9.17) is 9.47 Å². The molecular formula is C17H31NO7. The number of carbonyl (C=O) groups is 2. The van der Waals surface area contributed by atoms with E-state index in [1.807, 2.05) is 20.8 Å². The number of unbranched alkanes of at least 4 members (excludes halogenated alkanes) is 1. The monoisotopic (exact) mass is 361 g/mol. The minimum absolute atomic E-state index is 0.177. The van der Waals surface area contributed by atoms with Gasteiger partial charge in [-0.25, -0.2) is 0 Å². The Bertz CT molecular complexity index is 449. The molecule has 8 heteroatoms. The predicted octanol–water partition coefficient (Wildman–Crippen LogP) is -0.268. The largest absolute Gasteiger partial charge is 0.394 e. The van der Waals surface area contributed by atoms with Crippen LogP contribution in [0.4, 0.5) is 0 Å². The van der Waals surface area contributed by atoms with Crippen LogP contribution in [0.25, 0.3) is 0 Å². The molecule has 5 atom stereocenters. The summed E-state index contributed by atoms with van der Waals surface area (Å²) in [5.41, 5.74) is -0.363. The Morgan fingerprint density at radius 2 is 1.80 bits per heavy atom. The van der Waals surface area contributed by atoms with Crippen LogP contribution < -0.4 is 5.32 Å². The lowest BCUT2D eigenvalue weighted by Gasteiger charge is -2.42. The summed E-state index contributed by atoms with van der Waals surface area (Å²) in [7, 11) is 0. The van der Waals surface area contributed by atoms with Gasteiger partial charge in [0.2, 0.25) is 5.91 Å². The van der Waals surface area contributed by atoms with Gasteiger partial charge in [0.15, 0.2) is 6.29 Å². The Balaban J connectivity index is 2.52. The molecule has 1 rings (SSSR count). The zero-order valence-corrected chi connectivity index (χ0v) is 15.4. The molecule has 0 radical (unpaired) electrons. The van der Waals surface area contributed by atoms with Gasteiger partial charge in [-0.3, -0.25) is 9.59 Å². The average molecular weight is 361 g/mol. The van der Waals surface area contributed by atoms with Crippen molar-refractivity contribution in [2.24, 2.45) is 5.41 Å². The van der Waals surface area contributed by atoms with Gasteiger partial charge >= 0.3 is 0 Å². The summed E-state index contributed by atoms with van der Waals surface area (Å²) < 4.78 is 11.0. The van der Waals surface area contributed by atoms with Gasteiger partial charge in [-0.05, 0) is 12.8 Å². The van der Waals surface area contributed by atoms with Crippen molar-refractivity contribution in [3.63, 3.8) is 0 Å². The maximum atomic E-state index is 11.9. The Morgan fingerprint density at radius 3 is 2.32 bits per heavy atom. The van der Waals surface area contributed by atoms with Crippen molar-refractivity contribution in [2.75, 3.05) is 13.2 Å². The van der Waals surface area contributed by atoms with E-state index in [9.17, 15) is 24.9 Å². The van der Waals surface area contributed by atoms with Crippen LogP contribution in [0.3, 0.4) is 0 Å². The van der Waals surface area contributed by atoms with Crippen LogP contribution >= 0.6 is 0 Å². The Hall–Kier alpha value is -1.06. The second-order valence-corrected chi connectivity index (χ2v) is 7.43. The summed E-state index contributed by atoms with van der Waals surface area (Å²) in [5.74, 6) is -0.219. The molecule has 4 N–H and O–H groups in total. The number of hydrogen-bond acceptors (Lipinski definition) is 7. The first-order chi connectivity index (χ1) is 11.6. The van der Waals surface area contributed by atoms with Gasteiger partial charge in [0, 0.05) is 25.4 Å². The number of ketones is 1. The number of hydrogen-bond donors (Lipinski definition) is 4. The van der Waals surface area contributed by atoms with Gasteiger partial charge in [0.25, 0.3) is 0 Å². The average Bonchev–Trinajstić information content (AvgIpc) is 2.51. The van der Waals surface area contributed by atoms with Gasteiger partial charge in [0.05, 0.1) is 6.61 Å². The van der Waals surface area contributed by atoms with E-state index in [1.54, 1.807) is 0 Å². The number of amides is 1. The van der Waals surface area contributed by atoms with Crippen molar-refractivity contribution >= 4 is 11.7 Å². The fourth-order valence-corrected chi connectivity index (χ4v) is 2.57. The third kappa shape index (κ3) is 6.63. The van der Waals surface area contributed by atoms with E-state index in [0.29, 0.717) is 19.3 Å². The van der Waals surface area contributed by atoms with E-state index in [-0.39, 0.29) is 17.8 Å². The van der Waals surface area contributed by atoms with E-state index in [1.165, 1.54) is 6.92 Å². The highest BCUT2D eigenvalue weighted by atomic mass is 16.7. The standard InChI is InChI=1S/C17H31NO7/c1-10(20)18-13-15(23)14(22)11(9-19)25-16(13)24-8-6-5-7-12(21)17(2,3)4/h11,13-16,19,22-23H,5-9H2,1-4H3,(H,18,20). The topological polar surface area (TPSA) is 125 Å². The predicted molar refractivity (Wildman–Crippen MR) is 89.6 cm³/mol. The van der Waals surface area contributed by atoms with E-state index < -0.39 is 43.2 Å². The molecular weight excluding hydrogens is 330 g/mol. The van der Waals surface area contributed by atoms with Crippen LogP contribution in [-0.2, 0) is 19.1 Å². The Morgan fingerprint density at radius 1 is 1.16 bits per heavy atom. The highest BCUT2D eigenvalue weighted by Gasteiger charge is 2.45. The molecule has 146 valence electrons. The first kappa shape index (κ1) is 22.0. The molecule has 0 bridgehead atoms. The number of aliphatic hydroxyl groups excluding tert-OH is 3. The molecule has 1 amide bonds. The van der Waals surface area contributed by atoms with Gasteiger partial charge < -0.3 is 30.1 Å². The van der Waals surface area contributed by atoms with Crippen LogP contribution in [0.5, 0.6) is 0 Å². The molecule has 1 aliphatic heterocycles. The Kier molecular flexibility index (Phi) is 8.43. The van der Waals surface area contributed by atoms with Crippen molar-refractivity contribution in [1.82, 2.24) is 5.32 Å². The molecule has 1 aliphatic rings. The summed E-state index contributed by atoms with van der Waals surface area (Å²) in [6.45, 7) is 6.70. The molecule has 0 spiro atoms. The molecule has 25 heavy (non-hydrogen) atoms. The van der Waals surface area contributed by atoms with Crippen molar-refractivity contribution in [1.29, 1.82) is 0 Å². The zero-order valence-electron chi connectivity index (χ0n) is 15.4. The number of Topliss-reactive ketones (excluding diaryl/α,β-unsaturated/α-hetero) is 1. The quantitative estimate of drug-likeness (QED) is 0.439. The summed E-state index contributed by atoms with van der Waals surface area (Å²) in [6, 6.07) is -0.938. The molecule has 1 fully saturated rings. The van der Waals surface area contributed by atoms with Gasteiger partial charge in [-0.2, -0.15) is 0 Å². The molecule has 0 saturated carbocycles. The molecule has 0 aromatic carbocycles. The summed E-state index contributed by atoms with van der Waals surface area (Å²) in [4.78, 5) is 23.2. The molecule has 5 unspecified atom stereocenters. The Labute approximate surface area is 148 Å². The number of carbonyl (C=O) groups excluding carboxylic acids is 2. The van der Waals surface area contributed by atoms with Crippen LogP contribution in [-0.4, -0.2) is 70.9 Å². The second-order valence-electron chi connectivity index (χ2n) is 7.43. The fraction of sp³-hybridized carbons (Fsp3) is 0.882. The first-order valence-electron chi connectivity index (χ1n) is 8.62. The SMILES string of the molecule is CC(=O)NC1C(OCCCCC(=O)C(C)(C)C)OC(CO)C(O)C1O. The van der Waals surface area contributed by atoms with E-state index in [2.05, 4.69) is 5.32 Å². The maximum Gasteiger partial charge on any atom is 0.217 e. The van der Waals surface area contributed by atoms with E-state index in [0.717, 1.165) is 0 Å². The van der Waals surface area contributed by atoms with Crippen LogP contribution in [0.2, 0.25) is 0 Å². The number of ether oxygens (including phenoxy) is 2. The lowest BCUT2D eigenvalue weighted by atomic mass is 9.88. The molecule has 1 saturated heterocycles. The summed E-state index contributed by atoms with van der Waals surface area (Å²) in [6.07, 6.45) is -2.91. The number of nitrogens with one attached hydrogen (secondary N) is 1. The third-order valence-corrected chi connectivity index (χ3v) is 4.17. The minimum Gasteiger partial charge on any atom is -0.394 e. The highest BCUT2D eigenvalue weighted by Crippen LogP contribution is 2.23. The van der Waals surface area contributed by atoms with Gasteiger partial charge in [0.1, 0.15) is 30.1 Å².